The molecule has 0 spiro atoms. The summed E-state index contributed by atoms with van der Waals surface area (Å²) in [6.07, 6.45) is 1.61. The van der Waals surface area contributed by atoms with E-state index in [1.807, 2.05) is 0 Å². The highest BCUT2D eigenvalue weighted by atomic mass is 35.5. The first-order valence-corrected chi connectivity index (χ1v) is 7.95. The molecule has 22 heavy (non-hydrogen) atoms. The van der Waals surface area contributed by atoms with Gasteiger partial charge in [-0.25, -0.2) is 4.39 Å². The summed E-state index contributed by atoms with van der Waals surface area (Å²) in [5.41, 5.74) is 3.09. The van der Waals surface area contributed by atoms with E-state index in [1.165, 1.54) is 17.2 Å². The van der Waals surface area contributed by atoms with Crippen molar-refractivity contribution >= 4 is 11.6 Å². The smallest absolute Gasteiger partial charge is 0.127 e. The number of hydrogen-bond acceptors (Lipinski definition) is 2. The van der Waals surface area contributed by atoms with E-state index < -0.39 is 0 Å². The number of morpholine rings is 1. The number of hydrogen-bond donors (Lipinski definition) is 1. The molecule has 4 heteroatoms. The number of nitrogens with one attached hydrogen (secondary N) is 1. The van der Waals surface area contributed by atoms with Gasteiger partial charge in [-0.2, -0.15) is 0 Å². The quantitative estimate of drug-likeness (QED) is 0.922. The Morgan fingerprint density at radius 1 is 1.14 bits per heavy atom. The lowest BCUT2D eigenvalue weighted by molar-refractivity contribution is 0.0277. The van der Waals surface area contributed by atoms with Crippen molar-refractivity contribution in [3.05, 3.63) is 70.0 Å². The van der Waals surface area contributed by atoms with Gasteiger partial charge in [0.25, 0.3) is 0 Å². The van der Waals surface area contributed by atoms with Crippen molar-refractivity contribution in [2.75, 3.05) is 19.7 Å². The van der Waals surface area contributed by atoms with E-state index in [9.17, 15) is 4.39 Å². The van der Waals surface area contributed by atoms with Crippen LogP contribution < -0.4 is 5.32 Å². The maximum atomic E-state index is 13.8. The molecule has 0 bridgehead atoms. The van der Waals surface area contributed by atoms with E-state index in [-0.39, 0.29) is 11.9 Å². The molecule has 2 nitrogen and oxygen atoms in total. The zero-order chi connectivity index (χ0) is 15.4. The first-order chi connectivity index (χ1) is 10.7. The van der Waals surface area contributed by atoms with Crippen molar-refractivity contribution in [3.63, 3.8) is 0 Å². The van der Waals surface area contributed by atoms with E-state index in [0.29, 0.717) is 17.0 Å². The minimum atomic E-state index is -0.231. The van der Waals surface area contributed by atoms with Crippen molar-refractivity contribution in [1.29, 1.82) is 0 Å². The van der Waals surface area contributed by atoms with Crippen LogP contribution in [0.25, 0.3) is 0 Å². The summed E-state index contributed by atoms with van der Waals surface area (Å²) in [5, 5.41) is 3.76. The predicted molar refractivity (Wildman–Crippen MR) is 86.8 cm³/mol. The van der Waals surface area contributed by atoms with Gasteiger partial charge in [0.15, 0.2) is 0 Å². The van der Waals surface area contributed by atoms with E-state index in [1.54, 1.807) is 12.1 Å². The molecule has 1 aliphatic rings. The van der Waals surface area contributed by atoms with Crippen LogP contribution >= 0.6 is 11.6 Å². The van der Waals surface area contributed by atoms with Gasteiger partial charge in [-0.05, 0) is 41.7 Å². The lowest BCUT2D eigenvalue weighted by Gasteiger charge is -2.24. The molecule has 116 valence electrons. The molecule has 1 aliphatic heterocycles. The third-order valence-electron chi connectivity index (χ3n) is 3.98. The van der Waals surface area contributed by atoms with Crippen LogP contribution in [-0.4, -0.2) is 19.7 Å². The zero-order valence-electron chi connectivity index (χ0n) is 12.3. The fourth-order valence-electron chi connectivity index (χ4n) is 2.68. The van der Waals surface area contributed by atoms with Crippen molar-refractivity contribution < 1.29 is 9.13 Å². The van der Waals surface area contributed by atoms with Crippen LogP contribution in [-0.2, 0) is 17.6 Å². The Hall–Kier alpha value is -1.42. The standard InChI is InChI=1S/C18H19ClFNO/c19-16-8-7-14(17(20)11-16)4-1-13-2-5-15(6-3-13)18-12-21-9-10-22-18/h2-3,5-8,11,18,21H,1,4,9-10,12H2/t18-/m1/s1. The monoisotopic (exact) mass is 319 g/mol. The molecule has 2 aromatic carbocycles. The van der Waals surface area contributed by atoms with Gasteiger partial charge >= 0.3 is 0 Å². The van der Waals surface area contributed by atoms with Crippen LogP contribution in [0.3, 0.4) is 0 Å². The molecule has 1 saturated heterocycles. The Bertz CT molecular complexity index is 623. The molecule has 0 amide bonds. The van der Waals surface area contributed by atoms with Gasteiger partial charge in [-0.1, -0.05) is 41.9 Å². The van der Waals surface area contributed by atoms with E-state index in [2.05, 4.69) is 29.6 Å². The Balaban J connectivity index is 1.61. The van der Waals surface area contributed by atoms with Crippen molar-refractivity contribution in [3.8, 4) is 0 Å². The fourth-order valence-corrected chi connectivity index (χ4v) is 2.84. The van der Waals surface area contributed by atoms with Crippen LogP contribution in [0.15, 0.2) is 42.5 Å². The summed E-state index contributed by atoms with van der Waals surface area (Å²) in [5.74, 6) is -0.231. The van der Waals surface area contributed by atoms with E-state index >= 15 is 0 Å². The number of halogens is 2. The zero-order valence-corrected chi connectivity index (χ0v) is 13.1. The predicted octanol–water partition coefficient (Wildman–Crippen LogP) is 3.93. The van der Waals surface area contributed by atoms with E-state index in [0.717, 1.165) is 26.1 Å². The van der Waals surface area contributed by atoms with Crippen molar-refractivity contribution in [2.45, 2.75) is 18.9 Å². The van der Waals surface area contributed by atoms with Crippen LogP contribution in [0.2, 0.25) is 5.02 Å². The fraction of sp³-hybridized carbons (Fsp3) is 0.333. The summed E-state index contributed by atoms with van der Waals surface area (Å²) < 4.78 is 19.5. The number of aryl methyl sites for hydroxylation is 2. The lowest BCUT2D eigenvalue weighted by atomic mass is 10.0. The van der Waals surface area contributed by atoms with Crippen LogP contribution in [0.5, 0.6) is 0 Å². The molecule has 1 atom stereocenters. The Morgan fingerprint density at radius 3 is 2.64 bits per heavy atom. The third kappa shape index (κ3) is 3.86. The summed E-state index contributed by atoms with van der Waals surface area (Å²) in [6.45, 7) is 2.53. The van der Waals surface area contributed by atoms with Crippen LogP contribution in [0.4, 0.5) is 4.39 Å². The minimum Gasteiger partial charge on any atom is -0.371 e. The number of benzene rings is 2. The topological polar surface area (TPSA) is 21.3 Å². The molecule has 0 unspecified atom stereocenters. The molecule has 1 heterocycles. The normalized spacial score (nSPS) is 18.4. The molecular formula is C18H19ClFNO. The molecule has 1 fully saturated rings. The highest BCUT2D eigenvalue weighted by Crippen LogP contribution is 2.20. The Kier molecular flexibility index (Phi) is 5.08. The van der Waals surface area contributed by atoms with Crippen molar-refractivity contribution in [2.24, 2.45) is 0 Å². The maximum Gasteiger partial charge on any atom is 0.127 e. The Labute approximate surface area is 135 Å². The van der Waals surface area contributed by atoms with Crippen molar-refractivity contribution in [1.82, 2.24) is 5.32 Å². The summed E-state index contributed by atoms with van der Waals surface area (Å²) in [6, 6.07) is 13.3. The van der Waals surface area contributed by atoms with Crippen LogP contribution in [0.1, 0.15) is 22.8 Å². The molecule has 0 aliphatic carbocycles. The molecule has 2 aromatic rings. The molecular weight excluding hydrogens is 301 g/mol. The average Bonchev–Trinajstić information content (AvgIpc) is 2.55. The summed E-state index contributed by atoms with van der Waals surface area (Å²) in [7, 11) is 0. The number of rotatable bonds is 4. The van der Waals surface area contributed by atoms with Gasteiger partial charge in [-0.15, -0.1) is 0 Å². The van der Waals surface area contributed by atoms with Gasteiger partial charge in [-0.3, -0.25) is 0 Å². The molecule has 0 radical (unpaired) electrons. The highest BCUT2D eigenvalue weighted by molar-refractivity contribution is 6.30. The maximum absolute atomic E-state index is 13.8. The SMILES string of the molecule is Fc1cc(Cl)ccc1CCc1ccc([C@H]2CNCCO2)cc1. The van der Waals surface area contributed by atoms with Gasteiger partial charge in [0.1, 0.15) is 5.82 Å². The second kappa shape index (κ2) is 7.23. The van der Waals surface area contributed by atoms with Gasteiger partial charge in [0.2, 0.25) is 0 Å². The first-order valence-electron chi connectivity index (χ1n) is 7.57. The molecule has 0 saturated carbocycles. The second-order valence-corrected chi connectivity index (χ2v) is 5.98. The van der Waals surface area contributed by atoms with Gasteiger partial charge in [0.05, 0.1) is 12.7 Å². The van der Waals surface area contributed by atoms with Crippen LogP contribution in [0, 0.1) is 5.82 Å². The lowest BCUT2D eigenvalue weighted by Crippen LogP contribution is -2.33. The number of ether oxygens (including phenoxy) is 1. The summed E-state index contributed by atoms with van der Waals surface area (Å²) in [4.78, 5) is 0. The third-order valence-corrected chi connectivity index (χ3v) is 4.21. The summed E-state index contributed by atoms with van der Waals surface area (Å²) >= 11 is 5.77. The van der Waals surface area contributed by atoms with Gasteiger partial charge in [0, 0.05) is 18.1 Å². The van der Waals surface area contributed by atoms with Gasteiger partial charge < -0.3 is 10.1 Å². The molecule has 3 rings (SSSR count). The molecule has 1 N–H and O–H groups in total. The largest absolute Gasteiger partial charge is 0.371 e. The second-order valence-electron chi connectivity index (χ2n) is 5.54. The first kappa shape index (κ1) is 15.5. The van der Waals surface area contributed by atoms with E-state index in [4.69, 9.17) is 16.3 Å². The Morgan fingerprint density at radius 2 is 1.95 bits per heavy atom. The average molecular weight is 320 g/mol. The highest BCUT2D eigenvalue weighted by Gasteiger charge is 2.15. The molecule has 0 aromatic heterocycles. The minimum absolute atomic E-state index is 0.136.